The van der Waals surface area contributed by atoms with Gasteiger partial charge < -0.3 is 15.5 Å². The van der Waals surface area contributed by atoms with E-state index in [2.05, 4.69) is 22.5 Å². The van der Waals surface area contributed by atoms with Gasteiger partial charge in [0.15, 0.2) is 0 Å². The molecule has 2 aliphatic heterocycles. The number of rotatable bonds is 4. The number of hydrogen-bond acceptors (Lipinski definition) is 4. The summed E-state index contributed by atoms with van der Waals surface area (Å²) >= 11 is 1.87. The highest BCUT2D eigenvalue weighted by atomic mass is 32.2. The van der Waals surface area contributed by atoms with E-state index >= 15 is 0 Å². The molecule has 2 heterocycles. The number of nitrogens with one attached hydrogen (secondary N) is 2. The van der Waals surface area contributed by atoms with E-state index in [1.807, 2.05) is 11.8 Å². The van der Waals surface area contributed by atoms with Crippen LogP contribution in [-0.2, 0) is 4.79 Å². The first-order valence-electron chi connectivity index (χ1n) is 7.10. The van der Waals surface area contributed by atoms with E-state index in [4.69, 9.17) is 0 Å². The van der Waals surface area contributed by atoms with E-state index in [9.17, 15) is 4.79 Å². The van der Waals surface area contributed by atoms with Gasteiger partial charge >= 0.3 is 0 Å². The Kier molecular flexibility index (Phi) is 5.79. The number of likely N-dealkylation sites (tertiary alicyclic amines) is 1. The van der Waals surface area contributed by atoms with Gasteiger partial charge in [0.2, 0.25) is 5.91 Å². The second-order valence-corrected chi connectivity index (χ2v) is 6.35. The minimum Gasteiger partial charge on any atom is -0.354 e. The molecule has 4 nitrogen and oxygen atoms in total. The monoisotopic (exact) mass is 271 g/mol. The van der Waals surface area contributed by atoms with Gasteiger partial charge in [-0.1, -0.05) is 6.92 Å². The molecule has 0 aliphatic carbocycles. The molecule has 2 N–H and O–H groups in total. The second-order valence-electron chi connectivity index (χ2n) is 5.20. The van der Waals surface area contributed by atoms with Crippen molar-refractivity contribution in [3.8, 4) is 0 Å². The molecule has 1 amide bonds. The molecule has 5 heteroatoms. The first kappa shape index (κ1) is 14.2. The van der Waals surface area contributed by atoms with E-state index < -0.39 is 0 Å². The number of nitrogens with zero attached hydrogens (tertiary/aromatic N) is 1. The van der Waals surface area contributed by atoms with Crippen molar-refractivity contribution in [1.82, 2.24) is 15.5 Å². The van der Waals surface area contributed by atoms with Gasteiger partial charge in [0.05, 0.1) is 6.04 Å². The molecular formula is C13H25N3OS. The zero-order chi connectivity index (χ0) is 12.8. The summed E-state index contributed by atoms with van der Waals surface area (Å²) in [6.45, 7) is 7.57. The van der Waals surface area contributed by atoms with Gasteiger partial charge in [-0.2, -0.15) is 11.8 Å². The minimum absolute atomic E-state index is 0.0273. The summed E-state index contributed by atoms with van der Waals surface area (Å²) < 4.78 is 0. The maximum Gasteiger partial charge on any atom is 0.238 e. The largest absolute Gasteiger partial charge is 0.354 e. The summed E-state index contributed by atoms with van der Waals surface area (Å²) in [4.78, 5) is 14.4. The van der Waals surface area contributed by atoms with Crippen LogP contribution in [0.1, 0.15) is 19.8 Å². The van der Waals surface area contributed by atoms with Gasteiger partial charge in [0, 0.05) is 24.6 Å². The average molecular weight is 271 g/mol. The summed E-state index contributed by atoms with van der Waals surface area (Å²) in [6.07, 6.45) is 2.45. The lowest BCUT2D eigenvalue weighted by molar-refractivity contribution is -0.122. The van der Waals surface area contributed by atoms with Crippen LogP contribution in [0.3, 0.4) is 0 Å². The Hall–Kier alpha value is -0.260. The summed E-state index contributed by atoms with van der Waals surface area (Å²) in [7, 11) is 0. The maximum atomic E-state index is 12.0. The molecule has 18 heavy (non-hydrogen) atoms. The van der Waals surface area contributed by atoms with Gasteiger partial charge in [-0.15, -0.1) is 0 Å². The van der Waals surface area contributed by atoms with Crippen molar-refractivity contribution in [3.05, 3.63) is 0 Å². The average Bonchev–Trinajstić information content (AvgIpc) is 2.46. The number of piperidine rings is 1. The van der Waals surface area contributed by atoms with Crippen molar-refractivity contribution in [2.75, 3.05) is 44.2 Å². The van der Waals surface area contributed by atoms with E-state index in [0.717, 1.165) is 31.1 Å². The summed E-state index contributed by atoms with van der Waals surface area (Å²) in [5, 5.41) is 6.40. The molecule has 104 valence electrons. The lowest BCUT2D eigenvalue weighted by Crippen LogP contribution is -2.50. The van der Waals surface area contributed by atoms with Crippen LogP contribution in [0.5, 0.6) is 0 Å². The Labute approximate surface area is 114 Å². The van der Waals surface area contributed by atoms with Crippen LogP contribution in [-0.4, -0.2) is 61.1 Å². The smallest absolute Gasteiger partial charge is 0.238 e. The van der Waals surface area contributed by atoms with E-state index in [0.29, 0.717) is 5.92 Å². The van der Waals surface area contributed by atoms with E-state index in [-0.39, 0.29) is 11.9 Å². The Morgan fingerprint density at radius 1 is 1.44 bits per heavy atom. The Bertz CT molecular complexity index is 261. The Balaban J connectivity index is 1.63. The molecule has 1 atom stereocenters. The Morgan fingerprint density at radius 3 is 2.83 bits per heavy atom. The zero-order valence-corrected chi connectivity index (χ0v) is 12.1. The number of hydrogen-bond donors (Lipinski definition) is 2. The lowest BCUT2D eigenvalue weighted by atomic mass is 9.97. The topological polar surface area (TPSA) is 44.4 Å². The van der Waals surface area contributed by atoms with Gasteiger partial charge in [-0.05, 0) is 38.4 Å². The molecule has 2 aliphatic rings. The van der Waals surface area contributed by atoms with Crippen molar-refractivity contribution >= 4 is 17.7 Å². The Morgan fingerprint density at radius 2 is 2.22 bits per heavy atom. The molecule has 0 radical (unpaired) electrons. The highest BCUT2D eigenvalue weighted by Gasteiger charge is 2.23. The summed E-state index contributed by atoms with van der Waals surface area (Å²) in [6, 6.07) is 0.0273. The van der Waals surface area contributed by atoms with Gasteiger partial charge in [0.1, 0.15) is 0 Å². The van der Waals surface area contributed by atoms with Gasteiger partial charge in [-0.3, -0.25) is 4.79 Å². The predicted molar refractivity (Wildman–Crippen MR) is 77.0 cm³/mol. The molecule has 0 aromatic heterocycles. The third-order valence-corrected chi connectivity index (χ3v) is 5.02. The fraction of sp³-hybridized carbons (Fsp3) is 0.923. The van der Waals surface area contributed by atoms with Crippen molar-refractivity contribution in [2.45, 2.75) is 25.8 Å². The molecular weight excluding hydrogens is 246 g/mol. The minimum atomic E-state index is 0.0273. The van der Waals surface area contributed by atoms with Crippen LogP contribution in [0, 0.1) is 5.92 Å². The number of carbonyl (C=O) groups is 1. The third-order valence-electron chi connectivity index (χ3n) is 3.96. The van der Waals surface area contributed by atoms with Crippen LogP contribution < -0.4 is 10.6 Å². The first-order valence-corrected chi connectivity index (χ1v) is 8.26. The molecule has 2 saturated heterocycles. The third kappa shape index (κ3) is 4.14. The van der Waals surface area contributed by atoms with E-state index in [1.54, 1.807) is 0 Å². The van der Waals surface area contributed by atoms with Crippen LogP contribution in [0.4, 0.5) is 0 Å². The number of thioether (sulfide) groups is 1. The molecule has 0 aromatic carbocycles. The zero-order valence-electron chi connectivity index (χ0n) is 11.3. The molecule has 1 unspecified atom stereocenters. The highest BCUT2D eigenvalue weighted by Crippen LogP contribution is 2.16. The summed E-state index contributed by atoms with van der Waals surface area (Å²) in [5.74, 6) is 2.91. The van der Waals surface area contributed by atoms with E-state index in [1.165, 1.54) is 25.9 Å². The predicted octanol–water partition coefficient (Wildman–Crippen LogP) is 0.540. The first-order chi connectivity index (χ1) is 8.79. The van der Waals surface area contributed by atoms with Crippen molar-refractivity contribution < 1.29 is 4.79 Å². The number of amides is 1. The number of carbonyl (C=O) groups excluding carboxylic acids is 1. The lowest BCUT2D eigenvalue weighted by Gasteiger charge is -2.31. The molecule has 2 fully saturated rings. The molecule has 2 rings (SSSR count). The molecule has 0 spiro atoms. The molecule has 0 bridgehead atoms. The van der Waals surface area contributed by atoms with Crippen LogP contribution >= 0.6 is 11.8 Å². The molecule has 0 aromatic rings. The quantitative estimate of drug-likeness (QED) is 0.783. The van der Waals surface area contributed by atoms with Crippen LogP contribution in [0.25, 0.3) is 0 Å². The van der Waals surface area contributed by atoms with Crippen LogP contribution in [0.2, 0.25) is 0 Å². The summed E-state index contributed by atoms with van der Waals surface area (Å²) in [5.41, 5.74) is 0. The van der Waals surface area contributed by atoms with Crippen molar-refractivity contribution in [1.29, 1.82) is 0 Å². The normalized spacial score (nSPS) is 27.1. The highest BCUT2D eigenvalue weighted by molar-refractivity contribution is 7.99. The van der Waals surface area contributed by atoms with Crippen molar-refractivity contribution in [2.24, 2.45) is 5.92 Å². The van der Waals surface area contributed by atoms with Gasteiger partial charge in [-0.25, -0.2) is 0 Å². The second kappa shape index (κ2) is 7.36. The van der Waals surface area contributed by atoms with Crippen LogP contribution in [0.15, 0.2) is 0 Å². The standard InChI is InChI=1S/C13H25N3OS/c1-2-16-6-3-11(4-7-16)9-15-13(17)12-10-18-8-5-14-12/h11-12,14H,2-10H2,1H3,(H,15,17). The maximum absolute atomic E-state index is 12.0. The molecule has 0 saturated carbocycles. The fourth-order valence-electron chi connectivity index (χ4n) is 2.61. The fourth-order valence-corrected chi connectivity index (χ4v) is 3.54. The van der Waals surface area contributed by atoms with Gasteiger partial charge in [0.25, 0.3) is 0 Å². The van der Waals surface area contributed by atoms with Crippen molar-refractivity contribution in [3.63, 3.8) is 0 Å². The SMILES string of the molecule is CCN1CCC(CNC(=O)C2CSCCN2)CC1.